The van der Waals surface area contributed by atoms with Crippen LogP contribution in [0.15, 0.2) is 35.9 Å². The minimum absolute atomic E-state index is 0.0139. The van der Waals surface area contributed by atoms with Crippen molar-refractivity contribution in [3.63, 3.8) is 0 Å². The first-order valence-corrected chi connectivity index (χ1v) is 5.56. The van der Waals surface area contributed by atoms with Gasteiger partial charge in [0.15, 0.2) is 11.6 Å². The zero-order chi connectivity index (χ0) is 12.4. The van der Waals surface area contributed by atoms with E-state index in [1.54, 1.807) is 6.08 Å². The molecule has 0 aromatic heterocycles. The van der Waals surface area contributed by atoms with Gasteiger partial charge in [-0.15, -0.1) is 0 Å². The topological polar surface area (TPSA) is 34.1 Å². The molecule has 0 N–H and O–H groups in total. The van der Waals surface area contributed by atoms with Crippen molar-refractivity contribution in [2.75, 3.05) is 0 Å². The van der Waals surface area contributed by atoms with Crippen molar-refractivity contribution in [1.29, 1.82) is 0 Å². The smallest absolute Gasteiger partial charge is 0.163 e. The molecule has 2 nitrogen and oxygen atoms in total. The molecule has 0 aliphatic heterocycles. The van der Waals surface area contributed by atoms with Crippen molar-refractivity contribution in [3.8, 4) is 0 Å². The Bertz CT molecular complexity index is 485. The van der Waals surface area contributed by atoms with E-state index >= 15 is 0 Å². The molecule has 0 heterocycles. The van der Waals surface area contributed by atoms with Gasteiger partial charge in [-0.1, -0.05) is 5.57 Å². The van der Waals surface area contributed by atoms with Crippen LogP contribution in [0.5, 0.6) is 0 Å². The highest BCUT2D eigenvalue weighted by molar-refractivity contribution is 5.98. The Kier molecular flexibility index (Phi) is 3.18. The highest BCUT2D eigenvalue weighted by Gasteiger charge is 2.24. The second kappa shape index (κ2) is 4.62. The lowest BCUT2D eigenvalue weighted by molar-refractivity contribution is -0.114. The normalized spacial score (nSPS) is 19.3. The van der Waals surface area contributed by atoms with E-state index < -0.39 is 0 Å². The van der Waals surface area contributed by atoms with Crippen molar-refractivity contribution >= 4 is 11.6 Å². The van der Waals surface area contributed by atoms with Gasteiger partial charge in [-0.3, -0.25) is 9.59 Å². The molecule has 88 valence electrons. The Morgan fingerprint density at radius 1 is 1.35 bits per heavy atom. The molecule has 0 spiro atoms. The van der Waals surface area contributed by atoms with Gasteiger partial charge in [0.1, 0.15) is 5.82 Å². The highest BCUT2D eigenvalue weighted by atomic mass is 19.1. The SMILES string of the molecule is CC1=CC(=O)C[C@@H]1CC(=O)c1ccc(F)cc1. The van der Waals surface area contributed by atoms with Gasteiger partial charge in [0.05, 0.1) is 0 Å². The summed E-state index contributed by atoms with van der Waals surface area (Å²) in [6.07, 6.45) is 2.33. The third-order valence-electron chi connectivity index (χ3n) is 3.08. The van der Waals surface area contributed by atoms with Gasteiger partial charge in [0, 0.05) is 18.4 Å². The molecule has 17 heavy (non-hydrogen) atoms. The number of hydrogen-bond donors (Lipinski definition) is 0. The molecule has 1 aromatic carbocycles. The number of allylic oxidation sites excluding steroid dienone is 2. The molecule has 2 rings (SSSR count). The molecule has 0 bridgehead atoms. The fourth-order valence-corrected chi connectivity index (χ4v) is 2.05. The van der Waals surface area contributed by atoms with Gasteiger partial charge >= 0.3 is 0 Å². The van der Waals surface area contributed by atoms with Crippen LogP contribution in [-0.2, 0) is 4.79 Å². The van der Waals surface area contributed by atoms with E-state index in [-0.39, 0.29) is 23.3 Å². The zero-order valence-electron chi connectivity index (χ0n) is 9.57. The molecule has 0 saturated carbocycles. The van der Waals surface area contributed by atoms with E-state index in [1.807, 2.05) is 6.92 Å². The van der Waals surface area contributed by atoms with Gasteiger partial charge in [-0.25, -0.2) is 4.39 Å². The Balaban J connectivity index is 2.05. The van der Waals surface area contributed by atoms with Gasteiger partial charge in [0.2, 0.25) is 0 Å². The average Bonchev–Trinajstić information content (AvgIpc) is 2.58. The maximum atomic E-state index is 12.7. The van der Waals surface area contributed by atoms with E-state index in [0.717, 1.165) is 5.57 Å². The first-order chi connectivity index (χ1) is 8.06. The van der Waals surface area contributed by atoms with Gasteiger partial charge in [-0.2, -0.15) is 0 Å². The molecule has 3 heteroatoms. The average molecular weight is 232 g/mol. The predicted octanol–water partition coefficient (Wildman–Crippen LogP) is 2.93. The fourth-order valence-electron chi connectivity index (χ4n) is 2.05. The minimum Gasteiger partial charge on any atom is -0.295 e. The molecular weight excluding hydrogens is 219 g/mol. The number of carbonyl (C=O) groups excluding carboxylic acids is 2. The third-order valence-corrected chi connectivity index (χ3v) is 3.08. The molecule has 0 unspecified atom stereocenters. The summed E-state index contributed by atoms with van der Waals surface area (Å²) in [5.74, 6) is -0.300. The molecular formula is C14H13FO2. The number of benzene rings is 1. The number of carbonyl (C=O) groups is 2. The molecule has 1 atom stereocenters. The minimum atomic E-state index is -0.353. The lowest BCUT2D eigenvalue weighted by atomic mass is 9.93. The standard InChI is InChI=1S/C14H13FO2/c1-9-6-13(16)7-11(9)8-14(17)10-2-4-12(15)5-3-10/h2-6,11H,7-8H2,1H3/t11-/m1/s1. The number of rotatable bonds is 3. The molecule has 0 radical (unpaired) electrons. The van der Waals surface area contributed by atoms with Crippen LogP contribution in [0.25, 0.3) is 0 Å². The summed E-state index contributed by atoms with van der Waals surface area (Å²) in [6.45, 7) is 1.87. The van der Waals surface area contributed by atoms with Crippen molar-refractivity contribution in [2.45, 2.75) is 19.8 Å². The van der Waals surface area contributed by atoms with Crippen molar-refractivity contribution in [3.05, 3.63) is 47.3 Å². The Morgan fingerprint density at radius 2 is 2.00 bits per heavy atom. The van der Waals surface area contributed by atoms with Crippen LogP contribution in [0.2, 0.25) is 0 Å². The van der Waals surface area contributed by atoms with Crippen LogP contribution < -0.4 is 0 Å². The molecule has 0 saturated heterocycles. The fraction of sp³-hybridized carbons (Fsp3) is 0.286. The molecule has 0 amide bonds. The summed E-state index contributed by atoms with van der Waals surface area (Å²) in [7, 11) is 0. The van der Waals surface area contributed by atoms with E-state index in [1.165, 1.54) is 24.3 Å². The number of Topliss-reactive ketones (excluding diaryl/α,β-unsaturated/α-hetero) is 1. The lowest BCUT2D eigenvalue weighted by Gasteiger charge is -2.09. The van der Waals surface area contributed by atoms with Crippen LogP contribution in [0, 0.1) is 11.7 Å². The quantitative estimate of drug-likeness (QED) is 0.751. The maximum absolute atomic E-state index is 12.7. The molecule has 1 aliphatic carbocycles. The Morgan fingerprint density at radius 3 is 2.53 bits per heavy atom. The van der Waals surface area contributed by atoms with Crippen LogP contribution in [-0.4, -0.2) is 11.6 Å². The summed E-state index contributed by atoms with van der Waals surface area (Å²) < 4.78 is 12.7. The van der Waals surface area contributed by atoms with Crippen LogP contribution in [0.4, 0.5) is 4.39 Å². The van der Waals surface area contributed by atoms with Crippen molar-refractivity contribution in [2.24, 2.45) is 5.92 Å². The molecule has 1 aliphatic rings. The monoisotopic (exact) mass is 232 g/mol. The second-order valence-electron chi connectivity index (χ2n) is 4.39. The second-order valence-corrected chi connectivity index (χ2v) is 4.39. The Hall–Kier alpha value is -1.77. The lowest BCUT2D eigenvalue weighted by Crippen LogP contribution is -2.08. The van der Waals surface area contributed by atoms with E-state index in [4.69, 9.17) is 0 Å². The maximum Gasteiger partial charge on any atom is 0.163 e. The molecule has 1 aromatic rings. The zero-order valence-corrected chi connectivity index (χ0v) is 9.57. The Labute approximate surface area is 99.1 Å². The van der Waals surface area contributed by atoms with Gasteiger partial charge < -0.3 is 0 Å². The number of ketones is 2. The summed E-state index contributed by atoms with van der Waals surface area (Å²) in [6, 6.07) is 5.51. The summed E-state index contributed by atoms with van der Waals surface area (Å²) in [5.41, 5.74) is 1.46. The van der Waals surface area contributed by atoms with E-state index in [2.05, 4.69) is 0 Å². The van der Waals surface area contributed by atoms with Crippen LogP contribution >= 0.6 is 0 Å². The van der Waals surface area contributed by atoms with Gasteiger partial charge in [-0.05, 0) is 43.2 Å². The number of halogens is 1. The predicted molar refractivity (Wildman–Crippen MR) is 62.2 cm³/mol. The highest BCUT2D eigenvalue weighted by Crippen LogP contribution is 2.27. The first-order valence-electron chi connectivity index (χ1n) is 5.56. The molecule has 0 fully saturated rings. The number of hydrogen-bond acceptors (Lipinski definition) is 2. The summed E-state index contributed by atoms with van der Waals surface area (Å²) in [5, 5.41) is 0. The van der Waals surface area contributed by atoms with E-state index in [9.17, 15) is 14.0 Å². The first kappa shape index (κ1) is 11.7. The van der Waals surface area contributed by atoms with Crippen LogP contribution in [0.3, 0.4) is 0 Å². The van der Waals surface area contributed by atoms with Crippen molar-refractivity contribution in [1.82, 2.24) is 0 Å². The van der Waals surface area contributed by atoms with Crippen LogP contribution in [0.1, 0.15) is 30.1 Å². The van der Waals surface area contributed by atoms with Gasteiger partial charge in [0.25, 0.3) is 0 Å². The largest absolute Gasteiger partial charge is 0.295 e. The third kappa shape index (κ3) is 2.67. The van der Waals surface area contributed by atoms with E-state index in [0.29, 0.717) is 18.4 Å². The van der Waals surface area contributed by atoms with Crippen molar-refractivity contribution < 1.29 is 14.0 Å². The summed E-state index contributed by atoms with van der Waals surface area (Å²) >= 11 is 0. The summed E-state index contributed by atoms with van der Waals surface area (Å²) in [4.78, 5) is 23.1.